The maximum Gasteiger partial charge on any atom is 0.230 e. The Balaban J connectivity index is 1.46. The van der Waals surface area contributed by atoms with E-state index in [1.165, 1.54) is 18.4 Å². The van der Waals surface area contributed by atoms with Gasteiger partial charge in [-0.25, -0.2) is 9.97 Å². The van der Waals surface area contributed by atoms with E-state index in [-0.39, 0.29) is 11.8 Å². The molecule has 1 aromatic carbocycles. The minimum atomic E-state index is -0.125. The Bertz CT molecular complexity index is 848. The van der Waals surface area contributed by atoms with Crippen LogP contribution in [-0.4, -0.2) is 52.4 Å². The van der Waals surface area contributed by atoms with Crippen molar-refractivity contribution in [1.29, 1.82) is 0 Å². The molecule has 1 aromatic heterocycles. The molecule has 28 heavy (non-hydrogen) atoms. The van der Waals surface area contributed by atoms with Gasteiger partial charge in [0.25, 0.3) is 0 Å². The van der Waals surface area contributed by atoms with Gasteiger partial charge in [-0.05, 0) is 45.8 Å². The topological polar surface area (TPSA) is 49.3 Å². The molecule has 0 spiro atoms. The molecule has 4 rings (SSSR count). The average Bonchev–Trinajstić information content (AvgIpc) is 2.72. The number of fused-ring (bicyclic) bond motifs is 1. The van der Waals surface area contributed by atoms with Gasteiger partial charge in [-0.2, -0.15) is 0 Å². The maximum absolute atomic E-state index is 13.0. The summed E-state index contributed by atoms with van der Waals surface area (Å²) < 4.78 is 0. The number of nitrogens with zero attached hydrogens (tertiary/aromatic N) is 4. The summed E-state index contributed by atoms with van der Waals surface area (Å²) in [7, 11) is 2.17. The van der Waals surface area contributed by atoms with Crippen molar-refractivity contribution in [2.24, 2.45) is 0 Å². The number of amides is 1. The standard InChI is InChI=1S/C23H30N4O/c1-16-6-8-18(9-7-16)17(2)23(28)27-12-10-21-20(15-27)13-24-22(25-21)19-5-4-11-26(3)14-19/h6-9,13,17,19H,4-5,10-12,14-15H2,1-3H3. The third-order valence-electron chi connectivity index (χ3n) is 6.20. The van der Waals surface area contributed by atoms with Crippen molar-refractivity contribution in [1.82, 2.24) is 19.8 Å². The quantitative estimate of drug-likeness (QED) is 0.822. The number of piperidine rings is 1. The van der Waals surface area contributed by atoms with Crippen LogP contribution < -0.4 is 0 Å². The molecule has 2 unspecified atom stereocenters. The molecule has 5 nitrogen and oxygen atoms in total. The summed E-state index contributed by atoms with van der Waals surface area (Å²) in [4.78, 5) is 26.9. The Kier molecular flexibility index (Phi) is 5.44. The van der Waals surface area contributed by atoms with Gasteiger partial charge in [-0.15, -0.1) is 0 Å². The molecule has 0 bridgehead atoms. The van der Waals surface area contributed by atoms with E-state index in [0.717, 1.165) is 48.7 Å². The highest BCUT2D eigenvalue weighted by molar-refractivity contribution is 5.83. The SMILES string of the molecule is Cc1ccc(C(C)C(=O)N2CCc3nc(C4CCCN(C)C4)ncc3C2)cc1. The number of rotatable bonds is 3. The second-order valence-corrected chi connectivity index (χ2v) is 8.44. The predicted molar refractivity (Wildman–Crippen MR) is 110 cm³/mol. The van der Waals surface area contributed by atoms with Gasteiger partial charge in [-0.1, -0.05) is 29.8 Å². The van der Waals surface area contributed by atoms with Gasteiger partial charge in [-0.3, -0.25) is 4.79 Å². The number of aryl methyl sites for hydroxylation is 1. The van der Waals surface area contributed by atoms with Crippen molar-refractivity contribution in [2.75, 3.05) is 26.7 Å². The molecule has 5 heteroatoms. The van der Waals surface area contributed by atoms with Crippen molar-refractivity contribution in [3.05, 3.63) is 58.7 Å². The van der Waals surface area contributed by atoms with E-state index < -0.39 is 0 Å². The largest absolute Gasteiger partial charge is 0.337 e. The molecule has 0 radical (unpaired) electrons. The van der Waals surface area contributed by atoms with Crippen molar-refractivity contribution in [2.45, 2.75) is 51.5 Å². The first-order valence-electron chi connectivity index (χ1n) is 10.4. The summed E-state index contributed by atoms with van der Waals surface area (Å²) in [5, 5.41) is 0. The van der Waals surface area contributed by atoms with Gasteiger partial charge in [0.15, 0.2) is 0 Å². The molecule has 1 amide bonds. The van der Waals surface area contributed by atoms with E-state index in [9.17, 15) is 4.79 Å². The lowest BCUT2D eigenvalue weighted by Crippen LogP contribution is -2.39. The van der Waals surface area contributed by atoms with E-state index in [2.05, 4.69) is 48.1 Å². The second-order valence-electron chi connectivity index (χ2n) is 8.44. The van der Waals surface area contributed by atoms with E-state index >= 15 is 0 Å². The molecule has 1 saturated heterocycles. The number of hydrogen-bond donors (Lipinski definition) is 0. The zero-order valence-corrected chi connectivity index (χ0v) is 17.2. The van der Waals surface area contributed by atoms with Crippen LogP contribution in [-0.2, 0) is 17.8 Å². The monoisotopic (exact) mass is 378 g/mol. The summed E-state index contributed by atoms with van der Waals surface area (Å²) in [6.45, 7) is 7.63. The molecule has 3 heterocycles. The Morgan fingerprint density at radius 2 is 2.00 bits per heavy atom. The lowest BCUT2D eigenvalue weighted by Gasteiger charge is -2.32. The molecule has 0 saturated carbocycles. The van der Waals surface area contributed by atoms with Gasteiger partial charge in [0.1, 0.15) is 5.82 Å². The summed E-state index contributed by atoms with van der Waals surface area (Å²) in [6.07, 6.45) is 5.16. The number of carbonyl (C=O) groups excluding carboxylic acids is 1. The molecular formula is C23H30N4O. The minimum Gasteiger partial charge on any atom is -0.337 e. The highest BCUT2D eigenvalue weighted by Crippen LogP contribution is 2.27. The van der Waals surface area contributed by atoms with Crippen LogP contribution >= 0.6 is 0 Å². The van der Waals surface area contributed by atoms with E-state index in [1.54, 1.807) is 0 Å². The Morgan fingerprint density at radius 1 is 1.21 bits per heavy atom. The zero-order valence-electron chi connectivity index (χ0n) is 17.2. The average molecular weight is 379 g/mol. The van der Waals surface area contributed by atoms with Crippen LogP contribution in [0.4, 0.5) is 0 Å². The molecule has 2 atom stereocenters. The third-order valence-corrected chi connectivity index (χ3v) is 6.20. The number of benzene rings is 1. The van der Waals surface area contributed by atoms with Gasteiger partial charge < -0.3 is 9.80 Å². The molecule has 2 aliphatic heterocycles. The van der Waals surface area contributed by atoms with E-state index in [0.29, 0.717) is 12.5 Å². The van der Waals surface area contributed by atoms with Crippen molar-refractivity contribution in [3.8, 4) is 0 Å². The van der Waals surface area contributed by atoms with Crippen molar-refractivity contribution < 1.29 is 4.79 Å². The molecule has 2 aliphatic rings. The Hall–Kier alpha value is -2.27. The summed E-state index contributed by atoms with van der Waals surface area (Å²) in [5.74, 6) is 1.48. The van der Waals surface area contributed by atoms with Gasteiger partial charge in [0.2, 0.25) is 5.91 Å². The summed E-state index contributed by atoms with van der Waals surface area (Å²) in [5.41, 5.74) is 4.52. The molecular weight excluding hydrogens is 348 g/mol. The van der Waals surface area contributed by atoms with Crippen molar-refractivity contribution >= 4 is 5.91 Å². The van der Waals surface area contributed by atoms with Crippen LogP contribution in [0.15, 0.2) is 30.5 Å². The molecule has 1 fully saturated rings. The lowest BCUT2D eigenvalue weighted by molar-refractivity contribution is -0.133. The van der Waals surface area contributed by atoms with Crippen LogP contribution in [0.1, 0.15) is 59.8 Å². The van der Waals surface area contributed by atoms with Crippen LogP contribution in [0.25, 0.3) is 0 Å². The Labute approximate surface area is 167 Å². The van der Waals surface area contributed by atoms with Crippen LogP contribution in [0, 0.1) is 6.92 Å². The molecule has 0 N–H and O–H groups in total. The first-order chi connectivity index (χ1) is 13.5. The van der Waals surface area contributed by atoms with Gasteiger partial charge >= 0.3 is 0 Å². The fraction of sp³-hybridized carbons (Fsp3) is 0.522. The predicted octanol–water partition coefficient (Wildman–Crippen LogP) is 3.28. The first-order valence-corrected chi connectivity index (χ1v) is 10.4. The second kappa shape index (κ2) is 8.00. The smallest absolute Gasteiger partial charge is 0.230 e. The summed E-state index contributed by atoms with van der Waals surface area (Å²) in [6, 6.07) is 8.27. The van der Waals surface area contributed by atoms with Gasteiger partial charge in [0.05, 0.1) is 11.6 Å². The first kappa shape index (κ1) is 19.1. The number of hydrogen-bond acceptors (Lipinski definition) is 4. The number of likely N-dealkylation sites (N-methyl/N-ethyl adjacent to an activating group) is 1. The Morgan fingerprint density at radius 3 is 2.75 bits per heavy atom. The maximum atomic E-state index is 13.0. The lowest BCUT2D eigenvalue weighted by atomic mass is 9.96. The summed E-state index contributed by atoms with van der Waals surface area (Å²) >= 11 is 0. The van der Waals surface area contributed by atoms with Crippen LogP contribution in [0.5, 0.6) is 0 Å². The highest BCUT2D eigenvalue weighted by Gasteiger charge is 2.28. The molecule has 2 aromatic rings. The normalized spacial score (nSPS) is 21.2. The highest BCUT2D eigenvalue weighted by atomic mass is 16.2. The van der Waals surface area contributed by atoms with E-state index in [1.807, 2.05) is 18.0 Å². The number of carbonyl (C=O) groups is 1. The number of likely N-dealkylation sites (tertiary alicyclic amines) is 1. The molecule has 148 valence electrons. The minimum absolute atomic E-state index is 0.125. The van der Waals surface area contributed by atoms with Crippen LogP contribution in [0.3, 0.4) is 0 Å². The zero-order chi connectivity index (χ0) is 19.7. The fourth-order valence-corrected chi connectivity index (χ4v) is 4.37. The molecule has 0 aliphatic carbocycles. The van der Waals surface area contributed by atoms with Gasteiger partial charge in [0, 0.05) is 43.7 Å². The number of aromatic nitrogens is 2. The third kappa shape index (κ3) is 3.95. The van der Waals surface area contributed by atoms with Crippen LogP contribution in [0.2, 0.25) is 0 Å². The fourth-order valence-electron chi connectivity index (χ4n) is 4.37. The van der Waals surface area contributed by atoms with E-state index in [4.69, 9.17) is 4.98 Å². The van der Waals surface area contributed by atoms with Crippen molar-refractivity contribution in [3.63, 3.8) is 0 Å².